The van der Waals surface area contributed by atoms with E-state index in [0.29, 0.717) is 5.92 Å². The fourth-order valence-electron chi connectivity index (χ4n) is 2.15. The number of methoxy groups -OCH3 is 1. The van der Waals surface area contributed by atoms with E-state index in [4.69, 9.17) is 16.3 Å². The molecule has 0 saturated carbocycles. The summed E-state index contributed by atoms with van der Waals surface area (Å²) in [6.45, 7) is 4.89. The summed E-state index contributed by atoms with van der Waals surface area (Å²) in [5, 5.41) is 4.28. The van der Waals surface area contributed by atoms with Gasteiger partial charge in [-0.05, 0) is 48.0 Å². The van der Waals surface area contributed by atoms with Gasteiger partial charge in [0.15, 0.2) is 0 Å². The highest BCUT2D eigenvalue weighted by Gasteiger charge is 2.11. The molecule has 4 heteroatoms. The highest BCUT2D eigenvalue weighted by molar-refractivity contribution is 7.99. The largest absolute Gasteiger partial charge is 0.383 e. The standard InChI is InChI=1S/C16H26ClNOS/c1-3-20-12-4-5-15(13-18-10-11-19-2)14-6-8-16(17)9-7-14/h6-9,15,18H,3-5,10-13H2,1-2H3. The van der Waals surface area contributed by atoms with Crippen LogP contribution in [0.5, 0.6) is 0 Å². The monoisotopic (exact) mass is 315 g/mol. The average molecular weight is 316 g/mol. The molecule has 0 aromatic heterocycles. The summed E-state index contributed by atoms with van der Waals surface area (Å²) in [7, 11) is 1.74. The molecule has 0 spiro atoms. The summed E-state index contributed by atoms with van der Waals surface area (Å²) < 4.78 is 5.07. The normalized spacial score (nSPS) is 12.6. The third-order valence-corrected chi connectivity index (χ3v) is 4.50. The van der Waals surface area contributed by atoms with Crippen LogP contribution in [0.4, 0.5) is 0 Å². The van der Waals surface area contributed by atoms with Gasteiger partial charge in [-0.2, -0.15) is 11.8 Å². The number of nitrogens with one attached hydrogen (secondary N) is 1. The van der Waals surface area contributed by atoms with E-state index in [1.165, 1.54) is 29.9 Å². The molecular weight excluding hydrogens is 290 g/mol. The van der Waals surface area contributed by atoms with Crippen molar-refractivity contribution in [2.75, 3.05) is 38.3 Å². The number of halogens is 1. The summed E-state index contributed by atoms with van der Waals surface area (Å²) >= 11 is 7.99. The second-order valence-electron chi connectivity index (χ2n) is 4.78. The molecule has 1 N–H and O–H groups in total. The van der Waals surface area contributed by atoms with Gasteiger partial charge in [0.05, 0.1) is 6.61 Å². The lowest BCUT2D eigenvalue weighted by molar-refractivity contribution is 0.198. The van der Waals surface area contributed by atoms with E-state index >= 15 is 0 Å². The molecule has 0 aliphatic heterocycles. The van der Waals surface area contributed by atoms with Crippen molar-refractivity contribution in [1.82, 2.24) is 5.32 Å². The van der Waals surface area contributed by atoms with Gasteiger partial charge >= 0.3 is 0 Å². The maximum atomic E-state index is 5.97. The molecule has 1 unspecified atom stereocenters. The second-order valence-corrected chi connectivity index (χ2v) is 6.61. The van der Waals surface area contributed by atoms with Crippen LogP contribution in [0.15, 0.2) is 24.3 Å². The molecule has 0 fully saturated rings. The molecular formula is C16H26ClNOS. The lowest BCUT2D eigenvalue weighted by Gasteiger charge is -2.18. The van der Waals surface area contributed by atoms with Crippen molar-refractivity contribution >= 4 is 23.4 Å². The van der Waals surface area contributed by atoms with Gasteiger partial charge in [0.2, 0.25) is 0 Å². The predicted molar refractivity (Wildman–Crippen MR) is 91.2 cm³/mol. The van der Waals surface area contributed by atoms with Gasteiger partial charge in [0.25, 0.3) is 0 Å². The van der Waals surface area contributed by atoms with Crippen molar-refractivity contribution in [3.8, 4) is 0 Å². The van der Waals surface area contributed by atoms with Crippen LogP contribution in [0.2, 0.25) is 5.02 Å². The molecule has 1 aromatic rings. The Morgan fingerprint density at radius 1 is 1.30 bits per heavy atom. The molecule has 2 nitrogen and oxygen atoms in total. The summed E-state index contributed by atoms with van der Waals surface area (Å²) in [6.07, 6.45) is 2.48. The van der Waals surface area contributed by atoms with Crippen molar-refractivity contribution in [2.24, 2.45) is 0 Å². The van der Waals surface area contributed by atoms with Gasteiger partial charge in [0.1, 0.15) is 0 Å². The number of benzene rings is 1. The maximum Gasteiger partial charge on any atom is 0.0587 e. The van der Waals surface area contributed by atoms with Gasteiger partial charge in [-0.3, -0.25) is 0 Å². The van der Waals surface area contributed by atoms with E-state index in [0.717, 1.165) is 24.7 Å². The Hall–Kier alpha value is -0.220. The smallest absolute Gasteiger partial charge is 0.0587 e. The van der Waals surface area contributed by atoms with Crippen molar-refractivity contribution in [3.05, 3.63) is 34.9 Å². The molecule has 0 aliphatic carbocycles. The van der Waals surface area contributed by atoms with E-state index in [2.05, 4.69) is 24.4 Å². The number of thioether (sulfide) groups is 1. The Kier molecular flexibility index (Phi) is 10.2. The lowest BCUT2D eigenvalue weighted by Crippen LogP contribution is -2.25. The molecule has 0 bridgehead atoms. The van der Waals surface area contributed by atoms with E-state index < -0.39 is 0 Å². The first-order chi connectivity index (χ1) is 9.77. The number of hydrogen-bond acceptors (Lipinski definition) is 3. The van der Waals surface area contributed by atoms with Gasteiger partial charge in [-0.15, -0.1) is 0 Å². The number of rotatable bonds is 11. The van der Waals surface area contributed by atoms with E-state index in [1.54, 1.807) is 7.11 Å². The molecule has 114 valence electrons. The Bertz CT molecular complexity index is 333. The van der Waals surface area contributed by atoms with Crippen LogP contribution in [-0.2, 0) is 4.74 Å². The van der Waals surface area contributed by atoms with Crippen molar-refractivity contribution in [3.63, 3.8) is 0 Å². The summed E-state index contributed by atoms with van der Waals surface area (Å²) in [4.78, 5) is 0. The first-order valence-electron chi connectivity index (χ1n) is 7.30. The minimum Gasteiger partial charge on any atom is -0.383 e. The highest BCUT2D eigenvalue weighted by Crippen LogP contribution is 2.23. The predicted octanol–water partition coefficient (Wildman–Crippen LogP) is 4.19. The van der Waals surface area contributed by atoms with Crippen LogP contribution in [0.1, 0.15) is 31.2 Å². The third-order valence-electron chi connectivity index (χ3n) is 3.26. The lowest BCUT2D eigenvalue weighted by atomic mass is 9.94. The molecule has 1 atom stereocenters. The van der Waals surface area contributed by atoms with Crippen molar-refractivity contribution in [1.29, 1.82) is 0 Å². The maximum absolute atomic E-state index is 5.97. The van der Waals surface area contributed by atoms with Crippen LogP contribution in [0, 0.1) is 0 Å². The molecule has 1 aromatic carbocycles. The minimum absolute atomic E-state index is 0.557. The summed E-state index contributed by atoms with van der Waals surface area (Å²) in [6, 6.07) is 8.27. The first-order valence-corrected chi connectivity index (χ1v) is 8.84. The fourth-order valence-corrected chi connectivity index (χ4v) is 2.93. The van der Waals surface area contributed by atoms with E-state index in [-0.39, 0.29) is 0 Å². The topological polar surface area (TPSA) is 21.3 Å². The zero-order chi connectivity index (χ0) is 14.6. The van der Waals surface area contributed by atoms with Crippen LogP contribution in [0.3, 0.4) is 0 Å². The quantitative estimate of drug-likeness (QED) is 0.619. The van der Waals surface area contributed by atoms with Gasteiger partial charge in [0, 0.05) is 25.2 Å². The van der Waals surface area contributed by atoms with Gasteiger partial charge in [-0.25, -0.2) is 0 Å². The molecule has 0 heterocycles. The van der Waals surface area contributed by atoms with Crippen LogP contribution in [-0.4, -0.2) is 38.3 Å². The summed E-state index contributed by atoms with van der Waals surface area (Å²) in [5.41, 5.74) is 1.38. The summed E-state index contributed by atoms with van der Waals surface area (Å²) in [5.74, 6) is 3.01. The van der Waals surface area contributed by atoms with Crippen molar-refractivity contribution < 1.29 is 4.74 Å². The van der Waals surface area contributed by atoms with E-state index in [1.807, 2.05) is 23.9 Å². The van der Waals surface area contributed by atoms with E-state index in [9.17, 15) is 0 Å². The van der Waals surface area contributed by atoms with Crippen LogP contribution in [0.25, 0.3) is 0 Å². The zero-order valence-corrected chi connectivity index (χ0v) is 14.1. The SMILES string of the molecule is CCSCCCC(CNCCOC)c1ccc(Cl)cc1. The Balaban J connectivity index is 2.47. The molecule has 1 rings (SSSR count). The third kappa shape index (κ3) is 7.53. The Morgan fingerprint density at radius 3 is 2.70 bits per heavy atom. The average Bonchev–Trinajstić information content (AvgIpc) is 2.47. The number of ether oxygens (including phenoxy) is 1. The fraction of sp³-hybridized carbons (Fsp3) is 0.625. The minimum atomic E-state index is 0.557. The zero-order valence-electron chi connectivity index (χ0n) is 12.5. The highest BCUT2D eigenvalue weighted by atomic mass is 35.5. The van der Waals surface area contributed by atoms with Gasteiger partial charge in [-0.1, -0.05) is 30.7 Å². The second kappa shape index (κ2) is 11.4. The molecule has 0 aliphatic rings. The Morgan fingerprint density at radius 2 is 2.05 bits per heavy atom. The van der Waals surface area contributed by atoms with Crippen LogP contribution < -0.4 is 5.32 Å². The molecule has 0 radical (unpaired) electrons. The molecule has 0 amide bonds. The first kappa shape index (κ1) is 17.8. The van der Waals surface area contributed by atoms with Crippen molar-refractivity contribution in [2.45, 2.75) is 25.7 Å². The number of hydrogen-bond donors (Lipinski definition) is 1. The molecule has 0 saturated heterocycles. The van der Waals surface area contributed by atoms with Crippen LogP contribution >= 0.6 is 23.4 Å². The van der Waals surface area contributed by atoms with Gasteiger partial charge < -0.3 is 10.1 Å². The Labute approximate surface area is 132 Å². The molecule has 20 heavy (non-hydrogen) atoms.